The topological polar surface area (TPSA) is 24.9 Å². The lowest BCUT2D eigenvalue weighted by Crippen LogP contribution is -2.27. The van der Waals surface area contributed by atoms with Crippen LogP contribution < -0.4 is 5.32 Å². The van der Waals surface area contributed by atoms with Crippen molar-refractivity contribution in [3.63, 3.8) is 0 Å². The molecule has 0 amide bonds. The lowest BCUT2D eigenvalue weighted by atomic mass is 9.89. The summed E-state index contributed by atoms with van der Waals surface area (Å²) in [6, 6.07) is 2.00. The highest BCUT2D eigenvalue weighted by molar-refractivity contribution is 6.20. The molecule has 0 bridgehead atoms. The summed E-state index contributed by atoms with van der Waals surface area (Å²) in [7, 11) is 0. The van der Waals surface area contributed by atoms with Crippen LogP contribution in [0.25, 0.3) is 0 Å². The van der Waals surface area contributed by atoms with Crippen LogP contribution >= 0.6 is 11.6 Å². The Morgan fingerprint density at radius 2 is 2.05 bits per heavy atom. The molecule has 1 N–H and O–H groups in total. The molecule has 2 rings (SSSR count). The van der Waals surface area contributed by atoms with Gasteiger partial charge in [-0.05, 0) is 30.9 Å². The SMILES string of the molecule is FC(F)(F)c1ccnc(NCC2CCCCC2Cl)c1. The Morgan fingerprint density at radius 3 is 2.74 bits per heavy atom. The van der Waals surface area contributed by atoms with E-state index in [-0.39, 0.29) is 11.2 Å². The van der Waals surface area contributed by atoms with Crippen LogP contribution in [-0.4, -0.2) is 16.9 Å². The molecule has 1 aliphatic carbocycles. The van der Waals surface area contributed by atoms with Crippen molar-refractivity contribution in [2.45, 2.75) is 37.2 Å². The van der Waals surface area contributed by atoms with Crippen LogP contribution in [0.2, 0.25) is 0 Å². The molecule has 2 nitrogen and oxygen atoms in total. The first-order valence-electron chi connectivity index (χ1n) is 6.38. The van der Waals surface area contributed by atoms with Crippen LogP contribution in [0.1, 0.15) is 31.2 Å². The fourth-order valence-corrected chi connectivity index (χ4v) is 2.70. The van der Waals surface area contributed by atoms with Crippen molar-refractivity contribution in [3.05, 3.63) is 23.9 Å². The lowest BCUT2D eigenvalue weighted by Gasteiger charge is -2.27. The maximum absolute atomic E-state index is 12.5. The van der Waals surface area contributed by atoms with E-state index >= 15 is 0 Å². The fraction of sp³-hybridized carbons (Fsp3) is 0.615. The zero-order valence-corrected chi connectivity index (χ0v) is 11.1. The van der Waals surface area contributed by atoms with Crippen molar-refractivity contribution < 1.29 is 13.2 Å². The van der Waals surface area contributed by atoms with Crippen LogP contribution in [-0.2, 0) is 6.18 Å². The Morgan fingerprint density at radius 1 is 1.32 bits per heavy atom. The smallest absolute Gasteiger partial charge is 0.370 e. The first-order chi connectivity index (χ1) is 8.97. The Labute approximate surface area is 115 Å². The summed E-state index contributed by atoms with van der Waals surface area (Å²) in [4.78, 5) is 3.91. The van der Waals surface area contributed by atoms with Gasteiger partial charge in [0.15, 0.2) is 0 Å². The van der Waals surface area contributed by atoms with Crippen LogP contribution in [0.3, 0.4) is 0 Å². The van der Waals surface area contributed by atoms with Crippen LogP contribution in [0.5, 0.6) is 0 Å². The third-order valence-corrected chi connectivity index (χ3v) is 4.02. The van der Waals surface area contributed by atoms with Gasteiger partial charge in [-0.1, -0.05) is 12.8 Å². The molecule has 1 aliphatic rings. The first-order valence-corrected chi connectivity index (χ1v) is 6.81. The standard InChI is InChI=1S/C13H16ClF3N2/c14-11-4-2-1-3-9(11)8-19-12-7-10(5-6-18-12)13(15,16)17/h5-7,9,11H,1-4,8H2,(H,18,19). The number of nitrogens with one attached hydrogen (secondary N) is 1. The Hall–Kier alpha value is -0.970. The highest BCUT2D eigenvalue weighted by Gasteiger charge is 2.31. The van der Waals surface area contributed by atoms with Gasteiger partial charge in [0.05, 0.1) is 5.56 Å². The number of hydrogen-bond donors (Lipinski definition) is 1. The van der Waals surface area contributed by atoms with Crippen molar-refractivity contribution >= 4 is 17.4 Å². The van der Waals surface area contributed by atoms with Gasteiger partial charge in [-0.2, -0.15) is 13.2 Å². The minimum Gasteiger partial charge on any atom is -0.370 e. The molecule has 19 heavy (non-hydrogen) atoms. The number of anilines is 1. The largest absolute Gasteiger partial charge is 0.416 e. The number of rotatable bonds is 3. The van der Waals surface area contributed by atoms with E-state index in [0.717, 1.165) is 37.8 Å². The quantitative estimate of drug-likeness (QED) is 0.840. The lowest BCUT2D eigenvalue weighted by molar-refractivity contribution is -0.137. The summed E-state index contributed by atoms with van der Waals surface area (Å²) in [6.45, 7) is 0.572. The third-order valence-electron chi connectivity index (χ3n) is 3.45. The summed E-state index contributed by atoms with van der Waals surface area (Å²) in [5.41, 5.74) is -0.684. The predicted octanol–water partition coefficient (Wildman–Crippen LogP) is 4.31. The number of nitrogens with zero attached hydrogens (tertiary/aromatic N) is 1. The van der Waals surface area contributed by atoms with Gasteiger partial charge in [0, 0.05) is 18.1 Å². The second-order valence-corrected chi connectivity index (χ2v) is 5.43. The number of aromatic nitrogens is 1. The Balaban J connectivity index is 1.96. The minimum atomic E-state index is -4.33. The van der Waals surface area contributed by atoms with E-state index in [4.69, 9.17) is 11.6 Å². The second kappa shape index (κ2) is 5.99. The van der Waals surface area contributed by atoms with Gasteiger partial charge in [-0.25, -0.2) is 4.98 Å². The van der Waals surface area contributed by atoms with Crippen molar-refractivity contribution in [2.75, 3.05) is 11.9 Å². The third kappa shape index (κ3) is 4.00. The molecule has 1 aromatic rings. The molecule has 0 aromatic carbocycles. The number of hydrogen-bond acceptors (Lipinski definition) is 2. The molecule has 0 saturated heterocycles. The van der Waals surface area contributed by atoms with Gasteiger partial charge in [0.25, 0.3) is 0 Å². The molecule has 2 unspecified atom stereocenters. The molecular weight excluding hydrogens is 277 g/mol. The molecule has 2 atom stereocenters. The fourth-order valence-electron chi connectivity index (χ4n) is 2.33. The number of alkyl halides is 4. The first kappa shape index (κ1) is 14.4. The molecule has 1 aromatic heterocycles. The van der Waals surface area contributed by atoms with Crippen molar-refractivity contribution in [2.24, 2.45) is 5.92 Å². The maximum atomic E-state index is 12.5. The van der Waals surface area contributed by atoms with E-state index < -0.39 is 11.7 Å². The second-order valence-electron chi connectivity index (χ2n) is 4.87. The molecule has 0 aliphatic heterocycles. The summed E-state index contributed by atoms with van der Waals surface area (Å²) >= 11 is 6.21. The van der Waals surface area contributed by atoms with E-state index in [0.29, 0.717) is 12.5 Å². The molecule has 6 heteroatoms. The van der Waals surface area contributed by atoms with E-state index in [2.05, 4.69) is 10.3 Å². The predicted molar refractivity (Wildman–Crippen MR) is 69.3 cm³/mol. The van der Waals surface area contributed by atoms with Crippen LogP contribution in [0, 0.1) is 5.92 Å². The Bertz CT molecular complexity index is 423. The van der Waals surface area contributed by atoms with Gasteiger partial charge in [-0.15, -0.1) is 11.6 Å². The van der Waals surface area contributed by atoms with E-state index in [1.54, 1.807) is 0 Å². The monoisotopic (exact) mass is 292 g/mol. The zero-order chi connectivity index (χ0) is 13.9. The van der Waals surface area contributed by atoms with Gasteiger partial charge in [0.1, 0.15) is 5.82 Å². The normalized spacial score (nSPS) is 24.2. The summed E-state index contributed by atoms with van der Waals surface area (Å²) in [5, 5.41) is 3.07. The minimum absolute atomic E-state index is 0.104. The van der Waals surface area contributed by atoms with Crippen molar-refractivity contribution in [1.29, 1.82) is 0 Å². The summed E-state index contributed by atoms with van der Waals surface area (Å²) in [5.74, 6) is 0.552. The zero-order valence-electron chi connectivity index (χ0n) is 10.4. The van der Waals surface area contributed by atoms with Gasteiger partial charge >= 0.3 is 6.18 Å². The van der Waals surface area contributed by atoms with E-state index in [1.165, 1.54) is 6.20 Å². The summed E-state index contributed by atoms with van der Waals surface area (Å²) in [6.07, 6.45) is 1.09. The molecule has 0 spiro atoms. The highest BCUT2D eigenvalue weighted by Crippen LogP contribution is 2.31. The van der Waals surface area contributed by atoms with Crippen molar-refractivity contribution in [1.82, 2.24) is 4.98 Å². The average Bonchev–Trinajstić information content (AvgIpc) is 2.37. The Kier molecular flexibility index (Phi) is 4.55. The molecule has 0 radical (unpaired) electrons. The number of halogens is 4. The molecule has 1 heterocycles. The van der Waals surface area contributed by atoms with E-state index in [9.17, 15) is 13.2 Å². The number of pyridine rings is 1. The molecular formula is C13H16ClF3N2. The average molecular weight is 293 g/mol. The van der Waals surface area contributed by atoms with Crippen molar-refractivity contribution in [3.8, 4) is 0 Å². The van der Waals surface area contributed by atoms with Gasteiger partial charge < -0.3 is 5.32 Å². The molecule has 1 fully saturated rings. The highest BCUT2D eigenvalue weighted by atomic mass is 35.5. The van der Waals surface area contributed by atoms with Crippen LogP contribution in [0.4, 0.5) is 19.0 Å². The van der Waals surface area contributed by atoms with Gasteiger partial charge in [0.2, 0.25) is 0 Å². The van der Waals surface area contributed by atoms with E-state index in [1.807, 2.05) is 0 Å². The maximum Gasteiger partial charge on any atom is 0.416 e. The van der Waals surface area contributed by atoms with Gasteiger partial charge in [-0.3, -0.25) is 0 Å². The molecule has 106 valence electrons. The van der Waals surface area contributed by atoms with Crippen LogP contribution in [0.15, 0.2) is 18.3 Å². The summed E-state index contributed by atoms with van der Waals surface area (Å²) < 4.78 is 37.6. The molecule has 1 saturated carbocycles.